The molecule has 33 heavy (non-hydrogen) atoms. The van der Waals surface area contributed by atoms with Gasteiger partial charge in [-0.25, -0.2) is 9.78 Å². The molecule has 0 saturated heterocycles. The zero-order valence-electron chi connectivity index (χ0n) is 18.4. The molecular weight excluding hydrogens is 430 g/mol. The van der Waals surface area contributed by atoms with Gasteiger partial charge in [0.2, 0.25) is 12.7 Å². The number of carbonyl (C=O) groups is 2. The average Bonchev–Trinajstić information content (AvgIpc) is 2.79. The minimum Gasteiger partial charge on any atom is -0.455 e. The van der Waals surface area contributed by atoms with E-state index in [0.29, 0.717) is 24.4 Å². The third-order valence-corrected chi connectivity index (χ3v) is 4.24. The van der Waals surface area contributed by atoms with E-state index < -0.39 is 12.2 Å². The lowest BCUT2D eigenvalue weighted by Gasteiger charge is -2.12. The van der Waals surface area contributed by atoms with E-state index in [-0.39, 0.29) is 36.6 Å². The number of carbonyl (C=O) groups excluding carboxylic acids is 2. The monoisotopic (exact) mass is 459 g/mol. The van der Waals surface area contributed by atoms with Crippen molar-refractivity contribution in [2.45, 2.75) is 32.2 Å². The molecule has 0 fully saturated rings. The first-order valence-corrected chi connectivity index (χ1v) is 10.4. The molecule has 7 N–H and O–H groups in total. The van der Waals surface area contributed by atoms with Crippen LogP contribution in [0.3, 0.4) is 0 Å². The van der Waals surface area contributed by atoms with Gasteiger partial charge < -0.3 is 36.7 Å². The number of amides is 1. The molecule has 2 aromatic rings. The molecule has 1 aromatic carbocycles. The number of azo groups is 1. The van der Waals surface area contributed by atoms with Gasteiger partial charge >= 0.3 is 6.16 Å². The van der Waals surface area contributed by atoms with Crippen LogP contribution in [0.1, 0.15) is 26.2 Å². The number of nitrogen functional groups attached to an aromatic ring is 1. The first-order valence-electron chi connectivity index (χ1n) is 10.4. The number of hydrogen-bond acceptors (Lipinski definition) is 11. The zero-order chi connectivity index (χ0) is 24.1. The second kappa shape index (κ2) is 13.6. The van der Waals surface area contributed by atoms with Crippen molar-refractivity contribution in [3.05, 3.63) is 36.4 Å². The van der Waals surface area contributed by atoms with Crippen molar-refractivity contribution in [2.24, 2.45) is 21.7 Å². The number of hydrogen-bond donors (Lipinski definition) is 4. The van der Waals surface area contributed by atoms with Gasteiger partial charge in [0, 0.05) is 0 Å². The Morgan fingerprint density at radius 1 is 1.09 bits per heavy atom. The van der Waals surface area contributed by atoms with Gasteiger partial charge in [-0.2, -0.15) is 0 Å². The van der Waals surface area contributed by atoms with Crippen LogP contribution in [0.5, 0.6) is 5.75 Å². The average molecular weight is 460 g/mol. The fourth-order valence-corrected chi connectivity index (χ4v) is 2.55. The molecule has 0 saturated carbocycles. The van der Waals surface area contributed by atoms with Gasteiger partial charge in [-0.3, -0.25) is 4.79 Å². The molecule has 0 aliphatic carbocycles. The minimum atomic E-state index is -0.834. The third kappa shape index (κ3) is 8.71. The summed E-state index contributed by atoms with van der Waals surface area (Å²) in [5, 5.41) is 10.8. The van der Waals surface area contributed by atoms with Crippen LogP contribution in [0, 0.1) is 0 Å². The van der Waals surface area contributed by atoms with Crippen molar-refractivity contribution in [3.63, 3.8) is 0 Å². The van der Waals surface area contributed by atoms with Crippen molar-refractivity contribution >= 4 is 35.1 Å². The lowest BCUT2D eigenvalue weighted by molar-refractivity contribution is -0.117. The molecule has 1 amide bonds. The maximum Gasteiger partial charge on any atom is 0.511 e. The second-order valence-corrected chi connectivity index (χ2v) is 6.74. The number of benzene rings is 1. The molecule has 0 bridgehead atoms. The number of rotatable bonds is 12. The SMILES string of the molecule is CCOC(=O)OCOc1ccccc1/N=N/c1ccc(NC(=O)[C@@H](N)CCCCN)nc1N. The number of nitrogens with zero attached hydrogens (tertiary/aromatic N) is 3. The van der Waals surface area contributed by atoms with Crippen molar-refractivity contribution in [2.75, 3.05) is 31.0 Å². The van der Waals surface area contributed by atoms with E-state index in [4.69, 9.17) is 26.7 Å². The Hall–Kier alpha value is -3.77. The summed E-state index contributed by atoms with van der Waals surface area (Å²) in [5.41, 5.74) is 17.9. The Morgan fingerprint density at radius 3 is 2.58 bits per heavy atom. The first-order chi connectivity index (χ1) is 15.9. The Kier molecular flexibility index (Phi) is 10.5. The second-order valence-electron chi connectivity index (χ2n) is 6.74. The van der Waals surface area contributed by atoms with Crippen LogP contribution < -0.4 is 27.3 Å². The standard InChI is InChI=1S/C21H29N7O5/c1-2-31-21(30)33-13-32-17-9-4-3-8-15(17)27-28-16-10-11-18(25-19(16)24)26-20(29)14(23)7-5-6-12-22/h3-4,8-11,14H,2,5-7,12-13,22-23H2,1H3,(H3,24,25,26,29)/b28-27+/t14-/m0/s1. The molecule has 1 heterocycles. The Bertz CT molecular complexity index is 954. The molecule has 0 aliphatic rings. The van der Waals surface area contributed by atoms with Gasteiger partial charge in [-0.1, -0.05) is 18.6 Å². The summed E-state index contributed by atoms with van der Waals surface area (Å²) in [6, 6.07) is 9.22. The van der Waals surface area contributed by atoms with E-state index in [1.165, 1.54) is 0 Å². The van der Waals surface area contributed by atoms with E-state index in [1.807, 2.05) is 0 Å². The summed E-state index contributed by atoms with van der Waals surface area (Å²) < 4.78 is 14.8. The maximum absolute atomic E-state index is 12.2. The van der Waals surface area contributed by atoms with Crippen molar-refractivity contribution in [1.82, 2.24) is 4.98 Å². The summed E-state index contributed by atoms with van der Waals surface area (Å²) in [7, 11) is 0. The number of para-hydroxylation sites is 1. The predicted molar refractivity (Wildman–Crippen MR) is 122 cm³/mol. The van der Waals surface area contributed by atoms with Gasteiger partial charge in [0.15, 0.2) is 11.6 Å². The van der Waals surface area contributed by atoms with E-state index in [2.05, 4.69) is 25.3 Å². The van der Waals surface area contributed by atoms with Crippen molar-refractivity contribution in [1.29, 1.82) is 0 Å². The fourth-order valence-electron chi connectivity index (χ4n) is 2.55. The molecule has 12 heteroatoms. The molecule has 1 aromatic heterocycles. The Morgan fingerprint density at radius 2 is 1.85 bits per heavy atom. The number of ether oxygens (including phenoxy) is 3. The summed E-state index contributed by atoms with van der Waals surface area (Å²) in [4.78, 5) is 27.5. The van der Waals surface area contributed by atoms with Crippen LogP contribution in [0.25, 0.3) is 0 Å². The van der Waals surface area contributed by atoms with E-state index in [0.717, 1.165) is 12.8 Å². The maximum atomic E-state index is 12.2. The van der Waals surface area contributed by atoms with Crippen molar-refractivity contribution < 1.29 is 23.8 Å². The highest BCUT2D eigenvalue weighted by atomic mass is 16.8. The number of nitrogens with one attached hydrogen (secondary N) is 1. The van der Waals surface area contributed by atoms with Crippen molar-refractivity contribution in [3.8, 4) is 5.75 Å². The molecule has 0 radical (unpaired) electrons. The number of pyridine rings is 1. The molecule has 0 unspecified atom stereocenters. The topological polar surface area (TPSA) is 190 Å². The quantitative estimate of drug-likeness (QED) is 0.160. The summed E-state index contributed by atoms with van der Waals surface area (Å²) in [5.74, 6) is 0.303. The number of nitrogens with two attached hydrogens (primary N) is 3. The van der Waals surface area contributed by atoms with Gasteiger partial charge in [-0.15, -0.1) is 10.2 Å². The molecule has 2 rings (SSSR count). The summed E-state index contributed by atoms with van der Waals surface area (Å²) in [6.07, 6.45) is 1.26. The predicted octanol–water partition coefficient (Wildman–Crippen LogP) is 2.98. The number of aromatic nitrogens is 1. The highest BCUT2D eigenvalue weighted by molar-refractivity contribution is 5.94. The molecular formula is C21H29N7O5. The molecule has 0 aliphatic heterocycles. The lowest BCUT2D eigenvalue weighted by atomic mass is 10.1. The van der Waals surface area contributed by atoms with E-state index >= 15 is 0 Å². The smallest absolute Gasteiger partial charge is 0.455 e. The minimum absolute atomic E-state index is 0.0669. The highest BCUT2D eigenvalue weighted by Crippen LogP contribution is 2.30. The molecule has 0 spiro atoms. The Balaban J connectivity index is 1.99. The number of anilines is 2. The Labute approximate surface area is 191 Å². The largest absolute Gasteiger partial charge is 0.511 e. The first kappa shape index (κ1) is 25.5. The normalized spacial score (nSPS) is 11.7. The van der Waals surface area contributed by atoms with Gasteiger partial charge in [-0.05, 0) is 50.6 Å². The van der Waals surface area contributed by atoms with Gasteiger partial charge in [0.05, 0.1) is 12.6 Å². The van der Waals surface area contributed by atoms with Crippen LogP contribution in [-0.4, -0.2) is 43.0 Å². The highest BCUT2D eigenvalue weighted by Gasteiger charge is 2.14. The van der Waals surface area contributed by atoms with Crippen LogP contribution in [0.2, 0.25) is 0 Å². The fraction of sp³-hybridized carbons (Fsp3) is 0.381. The third-order valence-electron chi connectivity index (χ3n) is 4.24. The molecule has 178 valence electrons. The lowest BCUT2D eigenvalue weighted by Crippen LogP contribution is -2.35. The summed E-state index contributed by atoms with van der Waals surface area (Å²) >= 11 is 0. The summed E-state index contributed by atoms with van der Waals surface area (Å²) in [6.45, 7) is 2.07. The van der Waals surface area contributed by atoms with Crippen LogP contribution >= 0.6 is 0 Å². The van der Waals surface area contributed by atoms with Crippen LogP contribution in [0.15, 0.2) is 46.6 Å². The molecule has 1 atom stereocenters. The van der Waals surface area contributed by atoms with Gasteiger partial charge in [0.25, 0.3) is 0 Å². The van der Waals surface area contributed by atoms with Crippen LogP contribution in [-0.2, 0) is 14.3 Å². The van der Waals surface area contributed by atoms with Gasteiger partial charge in [0.1, 0.15) is 17.2 Å². The zero-order valence-corrected chi connectivity index (χ0v) is 18.4. The molecule has 12 nitrogen and oxygen atoms in total. The van der Waals surface area contributed by atoms with E-state index in [1.54, 1.807) is 43.3 Å². The van der Waals surface area contributed by atoms with Crippen LogP contribution in [0.4, 0.5) is 27.8 Å². The van der Waals surface area contributed by atoms with E-state index in [9.17, 15) is 9.59 Å². The number of unbranched alkanes of at least 4 members (excludes halogenated alkanes) is 1.